The molecule has 5 fully saturated rings. The molecule has 2 saturated carbocycles. The van der Waals surface area contributed by atoms with E-state index >= 15 is 0 Å². The zero-order valence-electron chi connectivity index (χ0n) is 28.4. The van der Waals surface area contributed by atoms with Crippen LogP contribution in [-0.2, 0) is 9.59 Å². The SMILES string of the molecule is CC(=O)[C@H]1[C@H](C)C[C@H]2[C@@H]3CCC4=CC(=O)C(N5CCNCC5c5cc(N6CCCC6)nc(N6CCCC6)n5)=C[C@]4(C)C3=CC[C@@]21C. The summed E-state index contributed by atoms with van der Waals surface area (Å²) in [5, 5.41) is 3.63. The van der Waals surface area contributed by atoms with Gasteiger partial charge in [-0.25, -0.2) is 4.98 Å². The summed E-state index contributed by atoms with van der Waals surface area (Å²) in [6, 6.07) is 2.17. The average Bonchev–Trinajstić information content (AvgIpc) is 3.82. The second-order valence-corrected chi connectivity index (χ2v) is 15.9. The Morgan fingerprint density at radius 1 is 1.02 bits per heavy atom. The number of hydrogen-bond acceptors (Lipinski definition) is 8. The van der Waals surface area contributed by atoms with Gasteiger partial charge in [-0.05, 0) is 101 Å². The zero-order chi connectivity index (χ0) is 31.8. The van der Waals surface area contributed by atoms with Crippen molar-refractivity contribution in [2.75, 3.05) is 55.6 Å². The van der Waals surface area contributed by atoms with Crippen LogP contribution < -0.4 is 15.1 Å². The molecule has 8 nitrogen and oxygen atoms in total. The molecule has 246 valence electrons. The van der Waals surface area contributed by atoms with Crippen LogP contribution in [0.3, 0.4) is 0 Å². The smallest absolute Gasteiger partial charge is 0.227 e. The first-order valence-corrected chi connectivity index (χ1v) is 18.2. The number of rotatable bonds is 5. The van der Waals surface area contributed by atoms with E-state index in [2.05, 4.69) is 59.0 Å². The fourth-order valence-corrected chi connectivity index (χ4v) is 11.1. The van der Waals surface area contributed by atoms with Crippen LogP contribution in [0.25, 0.3) is 0 Å². The Morgan fingerprint density at radius 2 is 1.76 bits per heavy atom. The van der Waals surface area contributed by atoms with Crippen LogP contribution in [0, 0.1) is 34.5 Å². The minimum absolute atomic E-state index is 0.0325. The molecule has 7 aliphatic rings. The molecule has 3 saturated heterocycles. The Labute approximate surface area is 274 Å². The van der Waals surface area contributed by atoms with Crippen LogP contribution in [0.5, 0.6) is 0 Å². The topological polar surface area (TPSA) is 81.7 Å². The summed E-state index contributed by atoms with van der Waals surface area (Å²) >= 11 is 0. The fraction of sp³-hybridized carbons (Fsp3) is 0.684. The molecule has 1 aromatic heterocycles. The maximum atomic E-state index is 14.1. The van der Waals surface area contributed by atoms with Gasteiger partial charge in [0, 0.05) is 63.2 Å². The van der Waals surface area contributed by atoms with E-state index in [0.717, 1.165) is 94.7 Å². The van der Waals surface area contributed by atoms with Gasteiger partial charge < -0.3 is 20.0 Å². The van der Waals surface area contributed by atoms with Crippen molar-refractivity contribution in [2.24, 2.45) is 34.5 Å². The Bertz CT molecular complexity index is 1480. The summed E-state index contributed by atoms with van der Waals surface area (Å²) in [6.45, 7) is 15.3. The number of carbonyl (C=O) groups is 2. The molecular weight excluding hydrogens is 572 g/mol. The van der Waals surface area contributed by atoms with Gasteiger partial charge in [-0.2, -0.15) is 4.98 Å². The second kappa shape index (κ2) is 11.3. The van der Waals surface area contributed by atoms with E-state index < -0.39 is 0 Å². The largest absolute Gasteiger partial charge is 0.357 e. The number of aromatic nitrogens is 2. The molecular formula is C38H52N6O2. The normalized spacial score (nSPS) is 37.4. The van der Waals surface area contributed by atoms with Gasteiger partial charge in [0.25, 0.3) is 0 Å². The predicted molar refractivity (Wildman–Crippen MR) is 181 cm³/mol. The first kappa shape index (κ1) is 30.3. The third kappa shape index (κ3) is 4.71. The van der Waals surface area contributed by atoms with E-state index in [1.54, 1.807) is 0 Å². The highest BCUT2D eigenvalue weighted by atomic mass is 16.1. The molecule has 8 heteroatoms. The molecule has 7 atom stereocenters. The van der Waals surface area contributed by atoms with Crippen molar-refractivity contribution in [3.8, 4) is 0 Å². The number of Topliss-reactive ketones (excluding diaryl/α,β-unsaturated/α-hetero) is 1. The lowest BCUT2D eigenvalue weighted by atomic mass is 9.52. The third-order valence-electron chi connectivity index (χ3n) is 13.2. The van der Waals surface area contributed by atoms with E-state index in [9.17, 15) is 9.59 Å². The number of nitrogens with zero attached hydrogens (tertiary/aromatic N) is 5. The Kier molecular flexibility index (Phi) is 7.46. The van der Waals surface area contributed by atoms with Crippen LogP contribution in [0.2, 0.25) is 0 Å². The molecule has 1 unspecified atom stereocenters. The van der Waals surface area contributed by atoms with Crippen molar-refractivity contribution in [3.63, 3.8) is 0 Å². The van der Waals surface area contributed by atoms with Gasteiger partial charge in [-0.15, -0.1) is 0 Å². The van der Waals surface area contributed by atoms with Gasteiger partial charge in [0.15, 0.2) is 0 Å². The molecule has 3 aliphatic heterocycles. The van der Waals surface area contributed by atoms with Crippen LogP contribution in [0.1, 0.15) is 90.8 Å². The zero-order valence-corrected chi connectivity index (χ0v) is 28.4. The number of carbonyl (C=O) groups excluding carboxylic acids is 2. The quantitative estimate of drug-likeness (QED) is 0.423. The van der Waals surface area contributed by atoms with Gasteiger partial charge in [0.1, 0.15) is 11.6 Å². The maximum Gasteiger partial charge on any atom is 0.227 e. The molecule has 1 aromatic rings. The van der Waals surface area contributed by atoms with Gasteiger partial charge in [0.05, 0.1) is 17.4 Å². The van der Waals surface area contributed by atoms with Crippen molar-refractivity contribution in [1.29, 1.82) is 0 Å². The fourth-order valence-electron chi connectivity index (χ4n) is 11.1. The molecule has 0 amide bonds. The van der Waals surface area contributed by atoms with E-state index in [1.165, 1.54) is 36.8 Å². The van der Waals surface area contributed by atoms with E-state index in [0.29, 0.717) is 23.5 Å². The van der Waals surface area contributed by atoms with E-state index in [4.69, 9.17) is 9.97 Å². The van der Waals surface area contributed by atoms with Gasteiger partial charge in [-0.1, -0.05) is 31.1 Å². The van der Waals surface area contributed by atoms with Crippen LogP contribution >= 0.6 is 0 Å². The summed E-state index contributed by atoms with van der Waals surface area (Å²) in [5.41, 5.74) is 4.37. The highest BCUT2D eigenvalue weighted by molar-refractivity contribution is 6.05. The lowest BCUT2D eigenvalue weighted by Crippen LogP contribution is -2.49. The molecule has 0 bridgehead atoms. The van der Waals surface area contributed by atoms with Gasteiger partial charge in [0.2, 0.25) is 11.7 Å². The van der Waals surface area contributed by atoms with Crippen molar-refractivity contribution >= 4 is 23.3 Å². The lowest BCUT2D eigenvalue weighted by Gasteiger charge is -2.53. The van der Waals surface area contributed by atoms with Crippen LogP contribution in [0.4, 0.5) is 11.8 Å². The number of piperazine rings is 1. The van der Waals surface area contributed by atoms with Crippen molar-refractivity contribution in [3.05, 3.63) is 46.8 Å². The maximum absolute atomic E-state index is 14.1. The first-order chi connectivity index (χ1) is 22.2. The number of allylic oxidation sites excluding steroid dienone is 5. The minimum Gasteiger partial charge on any atom is -0.357 e. The van der Waals surface area contributed by atoms with Crippen molar-refractivity contribution in [2.45, 2.75) is 85.1 Å². The summed E-state index contributed by atoms with van der Waals surface area (Å²) in [6.07, 6.45) is 15.7. The number of nitrogens with one attached hydrogen (secondary N) is 1. The molecule has 4 heterocycles. The molecule has 0 aromatic carbocycles. The highest BCUT2D eigenvalue weighted by Crippen LogP contribution is 2.65. The third-order valence-corrected chi connectivity index (χ3v) is 13.2. The Hall–Kier alpha value is -3.00. The lowest BCUT2D eigenvalue weighted by molar-refractivity contribution is -0.126. The number of fused-ring (bicyclic) bond motifs is 5. The summed E-state index contributed by atoms with van der Waals surface area (Å²) in [5.74, 6) is 3.93. The Morgan fingerprint density at radius 3 is 2.50 bits per heavy atom. The van der Waals surface area contributed by atoms with Crippen LogP contribution in [0.15, 0.2) is 41.1 Å². The molecule has 4 aliphatic carbocycles. The van der Waals surface area contributed by atoms with Crippen molar-refractivity contribution in [1.82, 2.24) is 20.2 Å². The van der Waals surface area contributed by atoms with Crippen LogP contribution in [-0.4, -0.2) is 72.2 Å². The standard InChI is InChI=1S/C38H52N6O2/c1-24-19-29-27-10-9-26-20-33(46)31(22-38(26,4)28(27)11-12-37(29,3)35(24)25(2)45)44-18-13-39-23-32(44)30-21-34(42-14-5-6-15-42)41-36(40-30)43-16-7-8-17-43/h11,20-22,24,27,29,32,35,39H,5-10,12-19,23H2,1-4H3/t24-,27-,29+,32?,35-,37+,38+/m1/s1. The molecule has 0 radical (unpaired) electrons. The second-order valence-electron chi connectivity index (χ2n) is 15.9. The van der Waals surface area contributed by atoms with E-state index in [-0.39, 0.29) is 28.6 Å². The monoisotopic (exact) mass is 624 g/mol. The summed E-state index contributed by atoms with van der Waals surface area (Å²) < 4.78 is 0. The summed E-state index contributed by atoms with van der Waals surface area (Å²) in [7, 11) is 0. The number of ketones is 2. The molecule has 46 heavy (non-hydrogen) atoms. The molecule has 8 rings (SSSR count). The molecule has 1 N–H and O–H groups in total. The average molecular weight is 625 g/mol. The van der Waals surface area contributed by atoms with Crippen molar-refractivity contribution < 1.29 is 9.59 Å². The first-order valence-electron chi connectivity index (χ1n) is 18.2. The van der Waals surface area contributed by atoms with Gasteiger partial charge >= 0.3 is 0 Å². The highest BCUT2D eigenvalue weighted by Gasteiger charge is 2.59. The number of hydrogen-bond donors (Lipinski definition) is 1. The minimum atomic E-state index is -0.270. The number of anilines is 2. The summed E-state index contributed by atoms with van der Waals surface area (Å²) in [4.78, 5) is 44.4. The molecule has 0 spiro atoms. The predicted octanol–water partition coefficient (Wildman–Crippen LogP) is 5.63. The van der Waals surface area contributed by atoms with Gasteiger partial charge in [-0.3, -0.25) is 9.59 Å². The van der Waals surface area contributed by atoms with E-state index in [1.807, 2.05) is 13.0 Å². The Balaban J connectivity index is 1.16.